The van der Waals surface area contributed by atoms with E-state index in [1.807, 2.05) is 6.07 Å². The predicted molar refractivity (Wildman–Crippen MR) is 115 cm³/mol. The molecule has 0 radical (unpaired) electrons. The van der Waals surface area contributed by atoms with Crippen molar-refractivity contribution in [1.29, 1.82) is 0 Å². The molecule has 2 fully saturated rings. The zero-order valence-electron chi connectivity index (χ0n) is 16.6. The van der Waals surface area contributed by atoms with Crippen LogP contribution in [0.25, 0.3) is 0 Å². The van der Waals surface area contributed by atoms with Crippen molar-refractivity contribution in [2.75, 3.05) is 26.2 Å². The number of nitrogens with one attached hydrogen (secondary N) is 1. The van der Waals surface area contributed by atoms with Gasteiger partial charge in [-0.3, -0.25) is 9.59 Å². The zero-order valence-corrected chi connectivity index (χ0v) is 18.1. The minimum Gasteiger partial charge on any atom is -0.480 e. The SMILES string of the molecule is O=C(c1ccc(Cl)cc1)N1CCN(S(=O)(=O)NC2(C(=O)O)CC2c2ccccc2)CC1. The molecule has 2 aromatic rings. The van der Waals surface area contributed by atoms with Crippen LogP contribution in [-0.2, 0) is 15.0 Å². The van der Waals surface area contributed by atoms with Crippen LogP contribution in [0.3, 0.4) is 0 Å². The maximum atomic E-state index is 12.9. The Kier molecular flexibility index (Phi) is 5.78. The fraction of sp³-hybridized carbons (Fsp3) is 0.333. The first-order valence-corrected chi connectivity index (χ1v) is 11.7. The summed E-state index contributed by atoms with van der Waals surface area (Å²) in [6, 6.07) is 15.5. The summed E-state index contributed by atoms with van der Waals surface area (Å²) in [7, 11) is -4.04. The van der Waals surface area contributed by atoms with Crippen LogP contribution in [-0.4, -0.2) is 66.3 Å². The molecule has 1 amide bonds. The van der Waals surface area contributed by atoms with E-state index in [2.05, 4.69) is 4.72 Å². The number of carboxylic acids is 1. The van der Waals surface area contributed by atoms with Gasteiger partial charge in [-0.1, -0.05) is 41.9 Å². The smallest absolute Gasteiger partial charge is 0.325 e. The van der Waals surface area contributed by atoms with Crippen LogP contribution in [0.2, 0.25) is 5.02 Å². The lowest BCUT2D eigenvalue weighted by molar-refractivity contribution is -0.140. The molecular formula is C21H22ClN3O5S. The number of rotatable bonds is 6. The van der Waals surface area contributed by atoms with Crippen molar-refractivity contribution < 1.29 is 23.1 Å². The summed E-state index contributed by atoms with van der Waals surface area (Å²) in [4.78, 5) is 26.1. The molecule has 2 aliphatic rings. The number of halogens is 1. The molecule has 2 unspecified atom stereocenters. The van der Waals surface area contributed by atoms with E-state index < -0.39 is 27.6 Å². The Balaban J connectivity index is 1.41. The van der Waals surface area contributed by atoms with Crippen molar-refractivity contribution in [3.63, 3.8) is 0 Å². The van der Waals surface area contributed by atoms with Gasteiger partial charge in [-0.15, -0.1) is 0 Å². The molecule has 2 atom stereocenters. The summed E-state index contributed by atoms with van der Waals surface area (Å²) in [5, 5.41) is 10.3. The lowest BCUT2D eigenvalue weighted by Gasteiger charge is -2.34. The minimum atomic E-state index is -4.04. The maximum Gasteiger partial charge on any atom is 0.325 e. The van der Waals surface area contributed by atoms with Crippen molar-refractivity contribution in [1.82, 2.24) is 13.9 Å². The summed E-state index contributed by atoms with van der Waals surface area (Å²) < 4.78 is 29.5. The summed E-state index contributed by atoms with van der Waals surface area (Å²) in [5.41, 5.74) is -0.283. The number of hydrogen-bond acceptors (Lipinski definition) is 4. The number of benzene rings is 2. The molecule has 2 aromatic carbocycles. The average Bonchev–Trinajstić information content (AvgIpc) is 3.49. The van der Waals surface area contributed by atoms with Gasteiger partial charge in [0.2, 0.25) is 0 Å². The second-order valence-electron chi connectivity index (χ2n) is 7.75. The van der Waals surface area contributed by atoms with Gasteiger partial charge in [0.1, 0.15) is 5.54 Å². The van der Waals surface area contributed by atoms with Gasteiger partial charge in [-0.05, 0) is 36.2 Å². The third-order valence-electron chi connectivity index (χ3n) is 5.81. The van der Waals surface area contributed by atoms with Gasteiger partial charge >= 0.3 is 5.97 Å². The van der Waals surface area contributed by atoms with Crippen molar-refractivity contribution in [2.45, 2.75) is 17.9 Å². The second kappa shape index (κ2) is 8.23. The summed E-state index contributed by atoms with van der Waals surface area (Å²) >= 11 is 5.85. The number of carbonyl (C=O) groups excluding carboxylic acids is 1. The largest absolute Gasteiger partial charge is 0.480 e. The normalized spacial score (nSPS) is 24.0. The fourth-order valence-corrected chi connectivity index (χ4v) is 5.62. The number of nitrogens with zero attached hydrogens (tertiary/aromatic N) is 2. The Morgan fingerprint density at radius 2 is 1.61 bits per heavy atom. The maximum absolute atomic E-state index is 12.9. The van der Waals surface area contributed by atoms with Gasteiger partial charge in [-0.2, -0.15) is 17.4 Å². The molecule has 1 saturated carbocycles. The van der Waals surface area contributed by atoms with Gasteiger partial charge in [-0.25, -0.2) is 0 Å². The third-order valence-corrected chi connectivity index (χ3v) is 7.73. The highest BCUT2D eigenvalue weighted by Crippen LogP contribution is 2.52. The van der Waals surface area contributed by atoms with E-state index in [1.165, 1.54) is 4.31 Å². The first-order chi connectivity index (χ1) is 14.7. The molecule has 10 heteroatoms. The van der Waals surface area contributed by atoms with Crippen molar-refractivity contribution in [3.05, 3.63) is 70.7 Å². The van der Waals surface area contributed by atoms with E-state index in [0.29, 0.717) is 10.6 Å². The number of piperazine rings is 1. The van der Waals surface area contributed by atoms with E-state index in [-0.39, 0.29) is 38.5 Å². The molecule has 1 aliphatic heterocycles. The number of carboxylic acid groups (broad SMARTS) is 1. The van der Waals surface area contributed by atoms with E-state index in [9.17, 15) is 23.1 Å². The van der Waals surface area contributed by atoms with Gasteiger partial charge in [0, 0.05) is 42.7 Å². The molecule has 4 rings (SSSR count). The summed E-state index contributed by atoms with van der Waals surface area (Å²) in [6.07, 6.45) is 0.195. The molecule has 2 N–H and O–H groups in total. The standard InChI is InChI=1S/C21H22ClN3O5S/c22-17-8-6-16(7-9-17)19(26)24-10-12-25(13-11-24)31(29,30)23-21(20(27)28)14-18(21)15-4-2-1-3-5-15/h1-9,18,23H,10-14H2,(H,27,28). The summed E-state index contributed by atoms with van der Waals surface area (Å²) in [5.74, 6) is -1.81. The number of hydrogen-bond donors (Lipinski definition) is 2. The molecule has 1 heterocycles. The van der Waals surface area contributed by atoms with Gasteiger partial charge in [0.25, 0.3) is 16.1 Å². The first-order valence-electron chi connectivity index (χ1n) is 9.85. The van der Waals surface area contributed by atoms with E-state index in [4.69, 9.17) is 11.6 Å². The van der Waals surface area contributed by atoms with Gasteiger partial charge in [0.15, 0.2) is 0 Å². The molecule has 164 valence electrons. The predicted octanol–water partition coefficient (Wildman–Crippen LogP) is 1.94. The third kappa shape index (κ3) is 4.31. The molecular weight excluding hydrogens is 442 g/mol. The van der Waals surface area contributed by atoms with E-state index >= 15 is 0 Å². The highest BCUT2D eigenvalue weighted by molar-refractivity contribution is 7.87. The highest BCUT2D eigenvalue weighted by Gasteiger charge is 2.63. The van der Waals surface area contributed by atoms with Crippen LogP contribution in [0.1, 0.15) is 28.3 Å². The Morgan fingerprint density at radius 1 is 1.00 bits per heavy atom. The Labute approximate surface area is 185 Å². The molecule has 1 aliphatic carbocycles. The lowest BCUT2D eigenvalue weighted by Crippen LogP contribution is -2.56. The van der Waals surface area contributed by atoms with Crippen LogP contribution in [0, 0.1) is 0 Å². The van der Waals surface area contributed by atoms with Gasteiger partial charge in [0.05, 0.1) is 0 Å². The van der Waals surface area contributed by atoms with Crippen LogP contribution >= 0.6 is 11.6 Å². The average molecular weight is 464 g/mol. The number of aliphatic carboxylic acids is 1. The number of carbonyl (C=O) groups is 2. The molecule has 1 saturated heterocycles. The number of amides is 1. The Bertz CT molecular complexity index is 1090. The Morgan fingerprint density at radius 3 is 2.19 bits per heavy atom. The van der Waals surface area contributed by atoms with Gasteiger partial charge < -0.3 is 10.0 Å². The quantitative estimate of drug-likeness (QED) is 0.680. The molecule has 31 heavy (non-hydrogen) atoms. The van der Waals surface area contributed by atoms with Crippen LogP contribution < -0.4 is 4.72 Å². The topological polar surface area (TPSA) is 107 Å². The molecule has 0 aromatic heterocycles. The van der Waals surface area contributed by atoms with Crippen LogP contribution in [0.5, 0.6) is 0 Å². The monoisotopic (exact) mass is 463 g/mol. The van der Waals surface area contributed by atoms with Crippen molar-refractivity contribution in [3.8, 4) is 0 Å². The van der Waals surface area contributed by atoms with E-state index in [0.717, 1.165) is 5.56 Å². The summed E-state index contributed by atoms with van der Waals surface area (Å²) in [6.45, 7) is 0.593. The molecule has 8 nitrogen and oxygen atoms in total. The Hall–Kier alpha value is -2.46. The van der Waals surface area contributed by atoms with E-state index in [1.54, 1.807) is 53.4 Å². The van der Waals surface area contributed by atoms with Crippen molar-refractivity contribution in [2.24, 2.45) is 0 Å². The minimum absolute atomic E-state index is 0.0837. The van der Waals surface area contributed by atoms with Crippen LogP contribution in [0.4, 0.5) is 0 Å². The van der Waals surface area contributed by atoms with Crippen molar-refractivity contribution >= 4 is 33.7 Å². The lowest BCUT2D eigenvalue weighted by atomic mass is 10.1. The molecule has 0 bridgehead atoms. The zero-order chi connectivity index (χ0) is 22.2. The van der Waals surface area contributed by atoms with Crippen LogP contribution in [0.15, 0.2) is 54.6 Å². The fourth-order valence-electron chi connectivity index (χ4n) is 3.94. The molecule has 0 spiro atoms. The second-order valence-corrected chi connectivity index (χ2v) is 9.86. The first kappa shape index (κ1) is 21.8. The highest BCUT2D eigenvalue weighted by atomic mass is 35.5.